The Kier molecular flexibility index (Phi) is 4.67. The lowest BCUT2D eigenvalue weighted by atomic mass is 9.67. The van der Waals surface area contributed by atoms with Crippen LogP contribution in [0.2, 0.25) is 24.7 Å². The largest absolute Gasteiger partial charge is 0.462 e. The molecule has 3 rings (SSSR count). The Labute approximate surface area is 147 Å². The Morgan fingerprint density at radius 2 is 1.58 bits per heavy atom. The molecule has 1 unspecified atom stereocenters. The maximum atomic E-state index is 11.9. The second-order valence-electron chi connectivity index (χ2n) is 9.48. The van der Waals surface area contributed by atoms with Gasteiger partial charge < -0.3 is 14.2 Å². The highest BCUT2D eigenvalue weighted by Crippen LogP contribution is 2.67. The van der Waals surface area contributed by atoms with Crippen molar-refractivity contribution in [2.75, 3.05) is 13.2 Å². The van der Waals surface area contributed by atoms with E-state index in [9.17, 15) is 4.79 Å². The Morgan fingerprint density at radius 3 is 1.96 bits per heavy atom. The van der Waals surface area contributed by atoms with Gasteiger partial charge >= 0.3 is 5.97 Å². The van der Waals surface area contributed by atoms with Gasteiger partial charge in [-0.2, -0.15) is 0 Å². The van der Waals surface area contributed by atoms with Gasteiger partial charge in [0.05, 0.1) is 21.3 Å². The van der Waals surface area contributed by atoms with Crippen molar-refractivity contribution >= 4 is 14.0 Å². The molecule has 0 aromatic heterocycles. The van der Waals surface area contributed by atoms with Crippen LogP contribution in [0.1, 0.15) is 46.5 Å². The van der Waals surface area contributed by atoms with Crippen molar-refractivity contribution in [2.24, 2.45) is 17.8 Å². The zero-order valence-corrected chi connectivity index (χ0v) is 17.2. The van der Waals surface area contributed by atoms with Gasteiger partial charge in [-0.05, 0) is 24.7 Å². The number of esters is 1. The van der Waals surface area contributed by atoms with Gasteiger partial charge in [-0.25, -0.2) is 0 Å². The van der Waals surface area contributed by atoms with Gasteiger partial charge in [-0.15, -0.1) is 0 Å². The fourth-order valence-corrected chi connectivity index (χ4v) is 8.29. The second-order valence-corrected chi connectivity index (χ2v) is 15.0. The van der Waals surface area contributed by atoms with Gasteiger partial charge in [0.2, 0.25) is 0 Å². The molecule has 0 amide bonds. The molecule has 2 aliphatic carbocycles. The smallest absolute Gasteiger partial charge is 0.302 e. The van der Waals surface area contributed by atoms with Crippen LogP contribution in [0.15, 0.2) is 0 Å². The zero-order chi connectivity index (χ0) is 17.8. The third kappa shape index (κ3) is 3.08. The van der Waals surface area contributed by atoms with Crippen molar-refractivity contribution in [3.8, 4) is 0 Å². The van der Waals surface area contributed by atoms with E-state index in [1.807, 2.05) is 0 Å². The molecule has 0 bridgehead atoms. The molecule has 3 fully saturated rings. The number of hydrogen-bond donors (Lipinski definition) is 0. The molecule has 0 radical (unpaired) electrons. The van der Waals surface area contributed by atoms with Crippen LogP contribution >= 0.6 is 0 Å². The van der Waals surface area contributed by atoms with E-state index in [0.717, 1.165) is 12.8 Å². The van der Waals surface area contributed by atoms with E-state index >= 15 is 0 Å². The van der Waals surface area contributed by atoms with Crippen LogP contribution in [-0.4, -0.2) is 39.1 Å². The summed E-state index contributed by atoms with van der Waals surface area (Å²) in [7, 11) is -1.43. The molecule has 0 aromatic rings. The van der Waals surface area contributed by atoms with E-state index in [0.29, 0.717) is 31.0 Å². The first kappa shape index (κ1) is 18.4. The topological polar surface area (TPSA) is 44.8 Å². The van der Waals surface area contributed by atoms with E-state index in [2.05, 4.69) is 33.5 Å². The van der Waals surface area contributed by atoms with Crippen molar-refractivity contribution in [2.45, 2.75) is 83.0 Å². The summed E-state index contributed by atoms with van der Waals surface area (Å²) in [5.41, 5.74) is 0. The first-order valence-electron chi connectivity index (χ1n) is 9.55. The maximum Gasteiger partial charge on any atom is 0.302 e. The fourth-order valence-electron chi connectivity index (χ4n) is 5.56. The molecule has 138 valence electrons. The summed E-state index contributed by atoms with van der Waals surface area (Å²) in [6.07, 6.45) is 4.33. The van der Waals surface area contributed by atoms with Gasteiger partial charge in [-0.3, -0.25) is 4.79 Å². The summed E-state index contributed by atoms with van der Waals surface area (Å²) in [4.78, 5) is 11.9. The summed E-state index contributed by atoms with van der Waals surface area (Å²) in [5.74, 6) is 0.764. The predicted octanol–water partition coefficient (Wildman–Crippen LogP) is 4.22. The molecule has 5 heteroatoms. The fraction of sp³-hybridized carbons (Fsp3) is 0.947. The van der Waals surface area contributed by atoms with Gasteiger partial charge in [0.25, 0.3) is 0 Å². The van der Waals surface area contributed by atoms with Crippen LogP contribution in [0.3, 0.4) is 0 Å². The number of carbonyl (C=O) groups excluding carboxylic acids is 1. The van der Waals surface area contributed by atoms with Gasteiger partial charge in [0.1, 0.15) is 6.10 Å². The monoisotopic (exact) mass is 354 g/mol. The molecular formula is C19H34O4Si. The Bertz CT molecular complexity index is 474. The lowest BCUT2D eigenvalue weighted by molar-refractivity contribution is -0.215. The van der Waals surface area contributed by atoms with E-state index in [-0.39, 0.29) is 22.9 Å². The number of ether oxygens (including phenoxy) is 3. The van der Waals surface area contributed by atoms with Crippen molar-refractivity contribution in [1.29, 1.82) is 0 Å². The minimum Gasteiger partial charge on any atom is -0.462 e. The minimum absolute atomic E-state index is 0.0606. The van der Waals surface area contributed by atoms with Crippen molar-refractivity contribution < 1.29 is 19.0 Å². The van der Waals surface area contributed by atoms with E-state index in [1.54, 1.807) is 6.92 Å². The van der Waals surface area contributed by atoms with E-state index in [1.165, 1.54) is 12.8 Å². The summed E-state index contributed by atoms with van der Waals surface area (Å²) in [6.45, 7) is 14.9. The molecule has 3 aliphatic rings. The minimum atomic E-state index is -1.43. The molecule has 0 N–H and O–H groups in total. The van der Waals surface area contributed by atoms with Crippen LogP contribution in [0.25, 0.3) is 0 Å². The maximum absolute atomic E-state index is 11.9. The normalized spacial score (nSPS) is 35.7. The Hall–Kier alpha value is -0.393. The molecule has 1 heterocycles. The third-order valence-corrected chi connectivity index (χ3v) is 10.6. The molecule has 1 spiro atoms. The average Bonchev–Trinajstić information content (AvgIpc) is 3.14. The molecule has 2 saturated carbocycles. The number of hydrogen-bond acceptors (Lipinski definition) is 4. The second kappa shape index (κ2) is 6.10. The predicted molar refractivity (Wildman–Crippen MR) is 96.5 cm³/mol. The molecule has 1 saturated heterocycles. The van der Waals surface area contributed by atoms with Crippen LogP contribution in [0, 0.1) is 17.8 Å². The molecule has 0 aromatic carbocycles. The van der Waals surface area contributed by atoms with E-state index < -0.39 is 8.07 Å². The average molecular weight is 355 g/mol. The SMILES string of the molecule is CC(=O)O[C@@H](C1[C@H](C)CC2(C[C@@H]1C)OCCO2)C1([Si](C)(C)C)CC1. The Morgan fingerprint density at radius 1 is 1.08 bits per heavy atom. The third-order valence-electron chi connectivity index (χ3n) is 6.86. The van der Waals surface area contributed by atoms with Crippen LogP contribution in [0.4, 0.5) is 0 Å². The molecule has 4 nitrogen and oxygen atoms in total. The van der Waals surface area contributed by atoms with E-state index in [4.69, 9.17) is 14.2 Å². The summed E-state index contributed by atoms with van der Waals surface area (Å²) in [5, 5.41) is 0.258. The van der Waals surface area contributed by atoms with Crippen LogP contribution in [0.5, 0.6) is 0 Å². The lowest BCUT2D eigenvalue weighted by Crippen LogP contribution is -2.52. The molecular weight excluding hydrogens is 320 g/mol. The highest BCUT2D eigenvalue weighted by Gasteiger charge is 2.63. The standard InChI is InChI=1S/C19H34O4Si/c1-13-11-19(21-9-10-22-19)12-14(2)16(13)17(23-15(3)20)18(7-8-18)24(4,5)6/h13-14,16-17H,7-12H2,1-6H3/t13-,14+,16?,17-/m0/s1. The summed E-state index contributed by atoms with van der Waals surface area (Å²) < 4.78 is 18.0. The molecule has 1 aliphatic heterocycles. The van der Waals surface area contributed by atoms with Crippen molar-refractivity contribution in [3.63, 3.8) is 0 Å². The van der Waals surface area contributed by atoms with Gasteiger partial charge in [0.15, 0.2) is 5.79 Å². The Balaban J connectivity index is 1.86. The summed E-state index contributed by atoms with van der Waals surface area (Å²) >= 11 is 0. The first-order valence-corrected chi connectivity index (χ1v) is 13.1. The quantitative estimate of drug-likeness (QED) is 0.560. The molecule has 4 atom stereocenters. The van der Waals surface area contributed by atoms with Gasteiger partial charge in [0, 0.05) is 30.7 Å². The van der Waals surface area contributed by atoms with Gasteiger partial charge in [-0.1, -0.05) is 33.5 Å². The summed E-state index contributed by atoms with van der Waals surface area (Å²) in [6, 6.07) is 0. The number of carbonyl (C=O) groups is 1. The zero-order valence-electron chi connectivity index (χ0n) is 16.2. The van der Waals surface area contributed by atoms with Crippen LogP contribution < -0.4 is 0 Å². The van der Waals surface area contributed by atoms with Crippen molar-refractivity contribution in [1.82, 2.24) is 0 Å². The number of rotatable bonds is 4. The lowest BCUT2D eigenvalue weighted by Gasteiger charge is -2.50. The van der Waals surface area contributed by atoms with Crippen LogP contribution in [-0.2, 0) is 19.0 Å². The highest BCUT2D eigenvalue weighted by molar-refractivity contribution is 6.80. The highest BCUT2D eigenvalue weighted by atomic mass is 28.3. The molecule has 24 heavy (non-hydrogen) atoms. The van der Waals surface area contributed by atoms with Crippen molar-refractivity contribution in [3.05, 3.63) is 0 Å². The first-order chi connectivity index (χ1) is 11.1.